The fraction of sp³-hybridized carbons (Fsp3) is 0.822. The summed E-state index contributed by atoms with van der Waals surface area (Å²) in [5.74, 6) is -3.76. The maximum atomic E-state index is 12.4. The van der Waals surface area contributed by atoms with Crippen LogP contribution in [0.5, 0.6) is 0 Å². The lowest BCUT2D eigenvalue weighted by Gasteiger charge is -2.15. The smallest absolute Gasteiger partial charge is 0.326 e. The quantitative estimate of drug-likeness (QED) is 0.0177. The van der Waals surface area contributed by atoms with E-state index in [4.69, 9.17) is 21.7 Å². The summed E-state index contributed by atoms with van der Waals surface area (Å²) in [6, 6.07) is -3.19. The summed E-state index contributed by atoms with van der Waals surface area (Å²) in [5, 5.41) is 41.0. The van der Waals surface area contributed by atoms with Crippen LogP contribution < -0.4 is 38.1 Å². The van der Waals surface area contributed by atoms with Gasteiger partial charge in [0.05, 0.1) is 17.8 Å². The second kappa shape index (κ2) is 44.1. The van der Waals surface area contributed by atoms with Gasteiger partial charge in [-0.1, -0.05) is 84.0 Å². The van der Waals surface area contributed by atoms with E-state index in [0.717, 1.165) is 38.5 Å². The van der Waals surface area contributed by atoms with Crippen molar-refractivity contribution in [2.75, 3.05) is 25.5 Å². The van der Waals surface area contributed by atoms with Gasteiger partial charge >= 0.3 is 17.9 Å². The lowest BCUT2D eigenvalue weighted by Crippen LogP contribution is -2.42. The zero-order valence-electron chi connectivity index (χ0n) is 39.2. The number of carbonyl (C=O) groups is 8. The first kappa shape index (κ1) is 63.3. The Morgan fingerprint density at radius 2 is 0.877 bits per heavy atom. The van der Waals surface area contributed by atoms with E-state index < -0.39 is 42.1 Å². The second-order valence-electron chi connectivity index (χ2n) is 16.5. The van der Waals surface area contributed by atoms with E-state index in [9.17, 15) is 43.5 Å². The highest BCUT2D eigenvalue weighted by Crippen LogP contribution is 2.14. The van der Waals surface area contributed by atoms with Gasteiger partial charge in [-0.2, -0.15) is 12.6 Å². The zero-order chi connectivity index (χ0) is 49.1. The van der Waals surface area contributed by atoms with Crippen LogP contribution in [0.15, 0.2) is 0 Å². The van der Waals surface area contributed by atoms with Crippen molar-refractivity contribution in [3.8, 4) is 0 Å². The van der Waals surface area contributed by atoms with Gasteiger partial charge in [-0.05, 0) is 83.5 Å². The van der Waals surface area contributed by atoms with Crippen LogP contribution in [0.1, 0.15) is 187 Å². The number of aliphatic carboxylic acids is 3. The topological polar surface area (TPSA) is 309 Å². The Morgan fingerprint density at radius 3 is 1.26 bits per heavy atom. The van der Waals surface area contributed by atoms with Crippen LogP contribution in [-0.2, 0) is 38.4 Å². The Labute approximate surface area is 394 Å². The lowest BCUT2D eigenvalue weighted by atomic mass is 10.0. The van der Waals surface area contributed by atoms with E-state index >= 15 is 0 Å². The van der Waals surface area contributed by atoms with Crippen LogP contribution in [0.4, 0.5) is 0 Å². The minimum Gasteiger partial charge on any atom is -0.481 e. The van der Waals surface area contributed by atoms with Gasteiger partial charge in [0.25, 0.3) is 0 Å². The molecule has 0 aliphatic carbocycles. The average Bonchev–Trinajstić information content (AvgIpc) is 3.26. The van der Waals surface area contributed by atoms with Crippen molar-refractivity contribution in [2.45, 2.75) is 211 Å². The second-order valence-corrected chi connectivity index (χ2v) is 16.9. The molecule has 18 nitrogen and oxygen atoms in total. The third-order valence-corrected chi connectivity index (χ3v) is 10.9. The fourth-order valence-corrected chi connectivity index (χ4v) is 6.84. The van der Waals surface area contributed by atoms with E-state index in [1.165, 1.54) is 44.9 Å². The highest BCUT2D eigenvalue weighted by molar-refractivity contribution is 7.80. The Hall–Kier alpha value is -3.75. The molecule has 0 rings (SSSR count). The first-order valence-electron chi connectivity index (χ1n) is 24.0. The fourth-order valence-electron chi connectivity index (χ4n) is 6.62. The number of amides is 4. The van der Waals surface area contributed by atoms with Crippen LogP contribution in [0, 0.1) is 0 Å². The molecule has 4 atom stereocenters. The van der Waals surface area contributed by atoms with Gasteiger partial charge in [-0.15, -0.1) is 0 Å². The van der Waals surface area contributed by atoms with Gasteiger partial charge in [0.2, 0.25) is 23.6 Å². The number of unbranched alkanes of at least 4 members (excludes halogenated alkanes) is 16. The number of rotatable bonds is 43. The van der Waals surface area contributed by atoms with Gasteiger partial charge < -0.3 is 52.8 Å². The number of carbonyl (C=O) groups excluding carboxylic acids is 5. The highest BCUT2D eigenvalue weighted by atomic mass is 32.1. The summed E-state index contributed by atoms with van der Waals surface area (Å²) in [7, 11) is 4.65. The molecular weight excluding hydrogens is 857 g/mol. The number of hydrogen-bond donors (Lipinski definition) is 11. The summed E-state index contributed by atoms with van der Waals surface area (Å²) >= 11 is 3.99. The maximum Gasteiger partial charge on any atom is 0.326 e. The van der Waals surface area contributed by atoms with Crippen molar-refractivity contribution in [1.82, 2.24) is 26.6 Å². The first-order valence-corrected chi connectivity index (χ1v) is 24.6. The molecule has 20 heteroatoms. The van der Waals surface area contributed by atoms with Crippen molar-refractivity contribution in [3.63, 3.8) is 0 Å². The first-order chi connectivity index (χ1) is 31.0. The lowest BCUT2D eigenvalue weighted by molar-refractivity contribution is -0.142. The third-order valence-electron chi connectivity index (χ3n) is 10.7. The van der Waals surface area contributed by atoms with E-state index in [1.54, 1.807) is 6.92 Å². The Morgan fingerprint density at radius 1 is 0.492 bits per heavy atom. The third kappa shape index (κ3) is 42.6. The molecule has 0 saturated carbocycles. The molecule has 0 aliphatic heterocycles. The molecule has 0 saturated heterocycles. The molecule has 0 spiro atoms. The summed E-state index contributed by atoms with van der Waals surface area (Å²) in [5.41, 5.74) is 11.7. The molecule has 2 radical (unpaired) electrons. The molecule has 0 heterocycles. The van der Waals surface area contributed by atoms with E-state index in [0.29, 0.717) is 90.3 Å². The molecule has 0 aromatic carbocycles. The Kier molecular flexibility index (Phi) is 43.0. The van der Waals surface area contributed by atoms with Crippen molar-refractivity contribution in [3.05, 3.63) is 0 Å². The predicted molar refractivity (Wildman–Crippen MR) is 256 cm³/mol. The SMILES string of the molecule is NC(CCCCNC(=O)[C@@H](N)CCCCNC(=O)CCC(NC(=O)CCCCCCCCCCCCCCCCC(=O)O)C(=O)O)C(=O)NCCCCC(NCS)C(=O)O.[B]C(=O)CC. The molecule has 0 aromatic rings. The van der Waals surface area contributed by atoms with Gasteiger partial charge in [0.1, 0.15) is 12.1 Å². The number of carboxylic acids is 3. The normalized spacial score (nSPS) is 12.7. The van der Waals surface area contributed by atoms with E-state index in [-0.39, 0.29) is 60.9 Å². The molecule has 3 unspecified atom stereocenters. The minimum atomic E-state index is -1.18. The monoisotopic (exact) mass is 942 g/mol. The van der Waals surface area contributed by atoms with Crippen molar-refractivity contribution < 1.29 is 53.7 Å². The molecule has 12 N–H and O–H groups in total. The van der Waals surface area contributed by atoms with Crippen LogP contribution in [0.2, 0.25) is 0 Å². The molecule has 65 heavy (non-hydrogen) atoms. The molecule has 0 fully saturated rings. The Bertz CT molecular complexity index is 1330. The molecule has 374 valence electrons. The summed E-state index contributed by atoms with van der Waals surface area (Å²) in [6.07, 6.45) is 20.9. The van der Waals surface area contributed by atoms with Gasteiger partial charge in [0, 0.05) is 44.8 Å². The van der Waals surface area contributed by atoms with Crippen molar-refractivity contribution >= 4 is 67.7 Å². The van der Waals surface area contributed by atoms with Crippen LogP contribution in [-0.4, -0.2) is 120 Å². The van der Waals surface area contributed by atoms with E-state index in [2.05, 4.69) is 47.1 Å². The standard InChI is InChI=1S/C42H79N7O10S.C3H5BO/c43-32(39(54)46-29-19-16-22-33(44)40(55)47-30-20-17-23-34(41(56)57)48-31-60)21-15-18-28-45-36(50)27-26-35(42(58)59)49-37(51)24-13-11-9-7-5-3-1-2-4-6-8-10-12-14-25-38(52)53;1-2-3(4)5/h32-35,48,60H,1-31,43-44H2,(H,45,50)(H,46,54)(H,47,55)(H,49,51)(H,52,53)(H,56,57)(H,58,59);2H2,1H3/t32-,33?,34?,35?;/m0./s1. The predicted octanol–water partition coefficient (Wildman–Crippen LogP) is 4.20. The van der Waals surface area contributed by atoms with Crippen molar-refractivity contribution in [1.29, 1.82) is 0 Å². The van der Waals surface area contributed by atoms with Gasteiger partial charge in [0.15, 0.2) is 7.85 Å². The Balaban J connectivity index is 0. The number of carboxylic acid groups (broad SMARTS) is 3. The highest BCUT2D eigenvalue weighted by Gasteiger charge is 2.21. The zero-order valence-corrected chi connectivity index (χ0v) is 40.1. The minimum absolute atomic E-state index is 0.0164. The number of nitrogens with one attached hydrogen (secondary N) is 5. The molecule has 0 aromatic heterocycles. The summed E-state index contributed by atoms with van der Waals surface area (Å²) in [4.78, 5) is 92.2. The number of nitrogens with two attached hydrogens (primary N) is 2. The summed E-state index contributed by atoms with van der Waals surface area (Å²) < 4.78 is 0. The van der Waals surface area contributed by atoms with Crippen LogP contribution in [0.25, 0.3) is 0 Å². The van der Waals surface area contributed by atoms with Crippen LogP contribution >= 0.6 is 12.6 Å². The van der Waals surface area contributed by atoms with Gasteiger partial charge in [-0.3, -0.25) is 34.1 Å². The molecule has 0 aliphatic rings. The van der Waals surface area contributed by atoms with E-state index in [1.807, 2.05) is 0 Å². The maximum absolute atomic E-state index is 12.4. The average molecular weight is 942 g/mol. The van der Waals surface area contributed by atoms with Gasteiger partial charge in [-0.25, -0.2) is 4.79 Å². The van der Waals surface area contributed by atoms with Crippen molar-refractivity contribution in [2.24, 2.45) is 11.5 Å². The molecule has 0 bridgehead atoms. The number of hydrogen-bond acceptors (Lipinski definition) is 12. The summed E-state index contributed by atoms with van der Waals surface area (Å²) in [6.45, 7) is 2.87. The molecule has 4 amide bonds. The molecular formula is C45H84BN7O11S. The largest absolute Gasteiger partial charge is 0.481 e. The van der Waals surface area contributed by atoms with Crippen LogP contribution in [0.3, 0.4) is 0 Å². The number of thiol groups is 1.